The van der Waals surface area contributed by atoms with Gasteiger partial charge in [-0.15, -0.1) is 0 Å². The topological polar surface area (TPSA) is 108 Å². The van der Waals surface area contributed by atoms with Crippen LogP contribution in [0, 0.1) is 5.92 Å². The Bertz CT molecular complexity index is 874. The molecule has 2 saturated carbocycles. The van der Waals surface area contributed by atoms with Gasteiger partial charge in [0.05, 0.1) is 12.5 Å². The molecular formula is C21H23N3O3. The number of benzene rings is 1. The molecule has 2 aromatic rings. The summed E-state index contributed by atoms with van der Waals surface area (Å²) < 4.78 is 5.92. The zero-order valence-electron chi connectivity index (χ0n) is 15.1. The highest BCUT2D eigenvalue weighted by molar-refractivity contribution is 5.96. The van der Waals surface area contributed by atoms with Crippen molar-refractivity contribution in [3.63, 3.8) is 0 Å². The van der Waals surface area contributed by atoms with Crippen molar-refractivity contribution in [1.82, 2.24) is 4.98 Å². The van der Waals surface area contributed by atoms with Crippen LogP contribution < -0.4 is 16.2 Å². The molecule has 1 aromatic heterocycles. The van der Waals surface area contributed by atoms with E-state index in [0.717, 1.165) is 31.2 Å². The molecule has 6 nitrogen and oxygen atoms in total. The van der Waals surface area contributed by atoms with E-state index in [1.54, 1.807) is 0 Å². The van der Waals surface area contributed by atoms with Gasteiger partial charge in [0.25, 0.3) is 5.91 Å². The van der Waals surface area contributed by atoms with Crippen molar-refractivity contribution in [3.05, 3.63) is 58.8 Å². The van der Waals surface area contributed by atoms with E-state index in [1.807, 2.05) is 36.4 Å². The van der Waals surface area contributed by atoms with Crippen molar-refractivity contribution < 1.29 is 14.3 Å². The second kappa shape index (κ2) is 7.02. The van der Waals surface area contributed by atoms with E-state index in [1.165, 1.54) is 0 Å². The number of rotatable bonds is 8. The van der Waals surface area contributed by atoms with Gasteiger partial charge in [-0.05, 0) is 49.1 Å². The number of hydrogen-bond acceptors (Lipinski definition) is 4. The molecule has 2 fully saturated rings. The zero-order valence-corrected chi connectivity index (χ0v) is 15.1. The molecule has 2 aliphatic rings. The minimum atomic E-state index is -0.781. The molecule has 140 valence electrons. The Morgan fingerprint density at radius 2 is 1.81 bits per heavy atom. The van der Waals surface area contributed by atoms with Crippen molar-refractivity contribution >= 4 is 11.8 Å². The smallest absolute Gasteiger partial charge is 0.267 e. The third-order valence-corrected chi connectivity index (χ3v) is 5.18. The zero-order chi connectivity index (χ0) is 19.0. The molecule has 27 heavy (non-hydrogen) atoms. The Kier molecular flexibility index (Phi) is 4.56. The lowest BCUT2D eigenvalue weighted by Gasteiger charge is -2.20. The first-order valence-electron chi connectivity index (χ1n) is 9.36. The van der Waals surface area contributed by atoms with E-state index < -0.39 is 17.7 Å². The van der Waals surface area contributed by atoms with Crippen LogP contribution in [-0.2, 0) is 4.79 Å². The van der Waals surface area contributed by atoms with Crippen molar-refractivity contribution in [2.24, 2.45) is 17.4 Å². The van der Waals surface area contributed by atoms with Crippen LogP contribution >= 0.6 is 0 Å². The average Bonchev–Trinajstić information content (AvgIpc) is 3.55. The van der Waals surface area contributed by atoms with E-state index >= 15 is 0 Å². The van der Waals surface area contributed by atoms with Gasteiger partial charge in [0.1, 0.15) is 5.69 Å². The van der Waals surface area contributed by atoms with Gasteiger partial charge in [-0.2, -0.15) is 0 Å². The van der Waals surface area contributed by atoms with Crippen LogP contribution in [0.25, 0.3) is 0 Å². The summed E-state index contributed by atoms with van der Waals surface area (Å²) in [7, 11) is 0. The number of nitrogens with zero attached hydrogens (tertiary/aromatic N) is 1. The third kappa shape index (κ3) is 3.79. The van der Waals surface area contributed by atoms with Gasteiger partial charge in [0.15, 0.2) is 0 Å². The van der Waals surface area contributed by atoms with Gasteiger partial charge in [-0.1, -0.05) is 30.3 Å². The molecule has 1 atom stereocenters. The maximum atomic E-state index is 12.3. The first-order valence-corrected chi connectivity index (χ1v) is 9.36. The fourth-order valence-electron chi connectivity index (χ4n) is 3.37. The van der Waals surface area contributed by atoms with Crippen LogP contribution in [0.4, 0.5) is 0 Å². The Balaban J connectivity index is 1.81. The number of aromatic nitrogens is 1. The minimum absolute atomic E-state index is 0.0536. The Morgan fingerprint density at radius 1 is 1.11 bits per heavy atom. The maximum Gasteiger partial charge on any atom is 0.267 e. The average molecular weight is 365 g/mol. The Hall–Kier alpha value is -2.89. The molecule has 0 spiro atoms. The molecule has 4 N–H and O–H groups in total. The van der Waals surface area contributed by atoms with Crippen LogP contribution in [0.15, 0.2) is 36.4 Å². The molecule has 4 rings (SSSR count). The van der Waals surface area contributed by atoms with Crippen LogP contribution in [0.5, 0.6) is 5.88 Å². The molecule has 2 amide bonds. The number of pyridine rings is 1. The van der Waals surface area contributed by atoms with E-state index in [4.69, 9.17) is 16.2 Å². The van der Waals surface area contributed by atoms with E-state index in [9.17, 15) is 9.59 Å². The summed E-state index contributed by atoms with van der Waals surface area (Å²) in [5.74, 6) is -0.631. The lowest BCUT2D eigenvalue weighted by atomic mass is 9.88. The van der Waals surface area contributed by atoms with Crippen LogP contribution in [0.1, 0.15) is 64.7 Å². The maximum absolute atomic E-state index is 12.3. The minimum Gasteiger partial charge on any atom is -0.477 e. The van der Waals surface area contributed by atoms with Crippen LogP contribution in [-0.4, -0.2) is 23.4 Å². The highest BCUT2D eigenvalue weighted by Gasteiger charge is 2.34. The molecule has 0 radical (unpaired) electrons. The van der Waals surface area contributed by atoms with E-state index in [2.05, 4.69) is 4.98 Å². The summed E-state index contributed by atoms with van der Waals surface area (Å²) in [5, 5.41) is 0. The summed E-state index contributed by atoms with van der Waals surface area (Å²) in [4.78, 5) is 28.9. The van der Waals surface area contributed by atoms with Crippen LogP contribution in [0.2, 0.25) is 0 Å². The SMILES string of the molecule is NC(=O)c1nc(OCC2CC2)c(C2CC2)cc1[C@H](C(N)=O)c1ccccc1. The molecule has 1 aromatic carbocycles. The van der Waals surface area contributed by atoms with Crippen molar-refractivity contribution in [2.75, 3.05) is 6.61 Å². The highest BCUT2D eigenvalue weighted by atomic mass is 16.5. The van der Waals surface area contributed by atoms with Gasteiger partial charge >= 0.3 is 0 Å². The van der Waals surface area contributed by atoms with Gasteiger partial charge in [0, 0.05) is 11.1 Å². The Morgan fingerprint density at radius 3 is 2.37 bits per heavy atom. The second-order valence-corrected chi connectivity index (χ2v) is 7.46. The molecule has 6 heteroatoms. The lowest BCUT2D eigenvalue weighted by molar-refractivity contribution is -0.118. The van der Waals surface area contributed by atoms with Gasteiger partial charge < -0.3 is 16.2 Å². The summed E-state index contributed by atoms with van der Waals surface area (Å²) in [6.45, 7) is 0.599. The normalized spacial score (nSPS) is 17.3. The number of carbonyl (C=O) groups is 2. The van der Waals surface area contributed by atoms with E-state index in [-0.39, 0.29) is 5.69 Å². The van der Waals surface area contributed by atoms with Crippen molar-refractivity contribution in [1.29, 1.82) is 0 Å². The number of ether oxygens (including phenoxy) is 1. The van der Waals surface area contributed by atoms with Crippen LogP contribution in [0.3, 0.4) is 0 Å². The molecular weight excluding hydrogens is 342 g/mol. The highest BCUT2D eigenvalue weighted by Crippen LogP contribution is 2.45. The first-order chi connectivity index (χ1) is 13.0. The van der Waals surface area contributed by atoms with Crippen molar-refractivity contribution in [3.8, 4) is 5.88 Å². The van der Waals surface area contributed by atoms with Gasteiger partial charge in [-0.3, -0.25) is 9.59 Å². The third-order valence-electron chi connectivity index (χ3n) is 5.18. The number of carbonyl (C=O) groups excluding carboxylic acids is 2. The molecule has 0 aliphatic heterocycles. The standard InChI is InChI=1S/C21H23N3O3/c22-19(25)17(14-4-2-1-3-5-14)16-10-15(13-8-9-13)21(24-18(16)20(23)26)27-11-12-6-7-12/h1-5,10,12-13,17H,6-9,11H2,(H2,22,25)(H2,23,26)/t17-/m1/s1. The lowest BCUT2D eigenvalue weighted by Crippen LogP contribution is -2.27. The quantitative estimate of drug-likeness (QED) is 0.749. The Labute approximate surface area is 157 Å². The first kappa shape index (κ1) is 17.5. The fourth-order valence-corrected chi connectivity index (χ4v) is 3.37. The van der Waals surface area contributed by atoms with E-state index in [0.29, 0.717) is 35.4 Å². The van der Waals surface area contributed by atoms with Gasteiger partial charge in [-0.25, -0.2) is 4.98 Å². The fraction of sp³-hybridized carbons (Fsp3) is 0.381. The predicted octanol–water partition coefficient (Wildman–Crippen LogP) is 2.46. The monoisotopic (exact) mass is 365 g/mol. The molecule has 1 heterocycles. The number of amides is 2. The number of hydrogen-bond donors (Lipinski definition) is 2. The number of primary amides is 2. The predicted molar refractivity (Wildman–Crippen MR) is 100 cm³/mol. The molecule has 2 aliphatic carbocycles. The second-order valence-electron chi connectivity index (χ2n) is 7.46. The summed E-state index contributed by atoms with van der Waals surface area (Å²) in [5.41, 5.74) is 13.5. The molecule has 0 bridgehead atoms. The molecule has 0 saturated heterocycles. The summed E-state index contributed by atoms with van der Waals surface area (Å²) in [6, 6.07) is 11.0. The molecule has 0 unspecified atom stereocenters. The summed E-state index contributed by atoms with van der Waals surface area (Å²) >= 11 is 0. The number of nitrogens with two attached hydrogens (primary N) is 2. The largest absolute Gasteiger partial charge is 0.477 e. The van der Waals surface area contributed by atoms with Gasteiger partial charge in [0.2, 0.25) is 11.8 Å². The summed E-state index contributed by atoms with van der Waals surface area (Å²) in [6.07, 6.45) is 4.42. The van der Waals surface area contributed by atoms with Crippen molar-refractivity contribution in [2.45, 2.75) is 37.5 Å².